The van der Waals surface area contributed by atoms with Crippen molar-refractivity contribution in [2.24, 2.45) is 5.73 Å². The van der Waals surface area contributed by atoms with Gasteiger partial charge in [-0.05, 0) is 12.8 Å². The van der Waals surface area contributed by atoms with E-state index in [0.717, 1.165) is 32.1 Å². The third-order valence-electron chi connectivity index (χ3n) is 3.01. The molecule has 0 radical (unpaired) electrons. The summed E-state index contributed by atoms with van der Waals surface area (Å²) in [5.41, 5.74) is 5.21. The predicted octanol–water partition coefficient (Wildman–Crippen LogP) is 1.76. The first-order valence-corrected chi connectivity index (χ1v) is 8.93. The fraction of sp³-hybridized carbons (Fsp3) is 0.846. The van der Waals surface area contributed by atoms with Crippen LogP contribution in [0.3, 0.4) is 0 Å². The maximum Gasteiger partial charge on any atom is 0.365 e. The Kier molecular flexibility index (Phi) is 10.7. The van der Waals surface area contributed by atoms with Gasteiger partial charge in [-0.3, -0.25) is 9.74 Å². The first-order valence-electron chi connectivity index (χ1n) is 7.35. The van der Waals surface area contributed by atoms with Gasteiger partial charge < -0.3 is 9.92 Å². The van der Waals surface area contributed by atoms with E-state index in [9.17, 15) is 22.5 Å². The molecule has 0 heterocycles. The standard InChI is InChI=1S/C13H24FNO6S/c1-2-3-4-5-6-7-10-22(18,19)21-12(16)9-8-11(15)13(17)20-14/h11H,2-10,15H2,1H3/t11-/m0/s1. The van der Waals surface area contributed by atoms with Crippen molar-refractivity contribution in [3.63, 3.8) is 0 Å². The highest BCUT2D eigenvalue weighted by atomic mass is 32.2. The number of nitrogens with two attached hydrogens (primary N) is 1. The summed E-state index contributed by atoms with van der Waals surface area (Å²) < 4.78 is 39.0. The van der Waals surface area contributed by atoms with Gasteiger partial charge in [0.2, 0.25) is 0 Å². The monoisotopic (exact) mass is 341 g/mol. The van der Waals surface area contributed by atoms with Crippen LogP contribution in [0, 0.1) is 0 Å². The summed E-state index contributed by atoms with van der Waals surface area (Å²) in [6.45, 7) is 2.09. The summed E-state index contributed by atoms with van der Waals surface area (Å²) in [4.78, 5) is 24.9. The van der Waals surface area contributed by atoms with Gasteiger partial charge in [0.05, 0.1) is 5.75 Å². The Morgan fingerprint density at radius 3 is 2.32 bits per heavy atom. The molecule has 0 bridgehead atoms. The molecule has 2 N–H and O–H groups in total. The van der Waals surface area contributed by atoms with Crippen molar-refractivity contribution in [1.29, 1.82) is 0 Å². The maximum absolute atomic E-state index is 11.5. The van der Waals surface area contributed by atoms with Gasteiger partial charge >= 0.3 is 22.1 Å². The summed E-state index contributed by atoms with van der Waals surface area (Å²) >= 11 is 0. The number of carbonyl (C=O) groups is 2. The number of hydrogen-bond acceptors (Lipinski definition) is 7. The lowest BCUT2D eigenvalue weighted by molar-refractivity contribution is -0.185. The van der Waals surface area contributed by atoms with Gasteiger partial charge in [-0.25, -0.2) is 4.79 Å². The summed E-state index contributed by atoms with van der Waals surface area (Å²) in [7, 11) is -3.93. The van der Waals surface area contributed by atoms with Crippen molar-refractivity contribution in [3.8, 4) is 0 Å². The highest BCUT2D eigenvalue weighted by molar-refractivity contribution is 7.87. The summed E-state index contributed by atoms with van der Waals surface area (Å²) in [6.07, 6.45) is 4.73. The Bertz CT molecular complexity index is 440. The van der Waals surface area contributed by atoms with Crippen LogP contribution in [-0.2, 0) is 28.8 Å². The zero-order valence-electron chi connectivity index (χ0n) is 12.8. The number of carbonyl (C=O) groups excluding carboxylic acids is 2. The van der Waals surface area contributed by atoms with E-state index < -0.39 is 34.5 Å². The molecule has 0 rings (SSSR count). The van der Waals surface area contributed by atoms with Crippen LogP contribution in [0.4, 0.5) is 4.53 Å². The summed E-state index contributed by atoms with van der Waals surface area (Å²) in [5, 5.41) is 0. The molecular formula is C13H24FNO6S. The molecule has 0 aromatic heterocycles. The van der Waals surface area contributed by atoms with E-state index in [1.54, 1.807) is 0 Å². The third kappa shape index (κ3) is 10.5. The van der Waals surface area contributed by atoms with Crippen LogP contribution in [0.2, 0.25) is 0 Å². The maximum atomic E-state index is 11.5. The fourth-order valence-corrected chi connectivity index (χ4v) is 2.74. The van der Waals surface area contributed by atoms with Crippen molar-refractivity contribution >= 4 is 22.1 Å². The fourth-order valence-electron chi connectivity index (χ4n) is 1.73. The number of hydrogen-bond donors (Lipinski definition) is 1. The minimum Gasteiger partial charge on any atom is -0.346 e. The molecule has 0 aliphatic carbocycles. The van der Waals surface area contributed by atoms with Crippen LogP contribution in [-0.4, -0.2) is 32.2 Å². The van der Waals surface area contributed by atoms with Crippen LogP contribution in [0.1, 0.15) is 58.3 Å². The first kappa shape index (κ1) is 20.8. The molecule has 9 heteroatoms. The van der Waals surface area contributed by atoms with E-state index >= 15 is 0 Å². The Morgan fingerprint density at radius 1 is 1.14 bits per heavy atom. The quantitative estimate of drug-likeness (QED) is 0.425. The van der Waals surface area contributed by atoms with Gasteiger partial charge in [0, 0.05) is 10.9 Å². The molecule has 0 spiro atoms. The first-order chi connectivity index (χ1) is 10.3. The van der Waals surface area contributed by atoms with Crippen molar-refractivity contribution in [2.45, 2.75) is 64.3 Å². The lowest BCUT2D eigenvalue weighted by Gasteiger charge is -2.07. The zero-order chi connectivity index (χ0) is 17.0. The minimum atomic E-state index is -3.93. The van der Waals surface area contributed by atoms with Crippen LogP contribution >= 0.6 is 0 Å². The number of rotatable bonds is 12. The average Bonchev–Trinajstić information content (AvgIpc) is 2.46. The largest absolute Gasteiger partial charge is 0.365 e. The van der Waals surface area contributed by atoms with Gasteiger partial charge in [0.15, 0.2) is 0 Å². The van der Waals surface area contributed by atoms with Crippen molar-refractivity contribution < 1.29 is 31.7 Å². The molecule has 0 aromatic carbocycles. The lowest BCUT2D eigenvalue weighted by atomic mass is 10.1. The lowest BCUT2D eigenvalue weighted by Crippen LogP contribution is -2.31. The van der Waals surface area contributed by atoms with Gasteiger partial charge in [-0.2, -0.15) is 8.42 Å². The Labute approximate surface area is 130 Å². The van der Waals surface area contributed by atoms with Crippen LogP contribution in [0.15, 0.2) is 0 Å². The van der Waals surface area contributed by atoms with Crippen LogP contribution in [0.5, 0.6) is 0 Å². The number of unbranched alkanes of at least 4 members (excludes halogenated alkanes) is 5. The molecule has 1 atom stereocenters. The van der Waals surface area contributed by atoms with Crippen molar-refractivity contribution in [2.75, 3.05) is 5.75 Å². The molecule has 130 valence electrons. The van der Waals surface area contributed by atoms with Gasteiger partial charge in [0.1, 0.15) is 6.04 Å². The van der Waals surface area contributed by atoms with Gasteiger partial charge in [-0.1, -0.05) is 39.0 Å². The normalized spacial score (nSPS) is 12.7. The zero-order valence-corrected chi connectivity index (χ0v) is 13.6. The topological polar surface area (TPSA) is 113 Å². The van der Waals surface area contributed by atoms with E-state index in [0.29, 0.717) is 6.42 Å². The van der Waals surface area contributed by atoms with E-state index in [-0.39, 0.29) is 12.2 Å². The molecule has 0 fully saturated rings. The molecule has 0 aliphatic heterocycles. The predicted molar refractivity (Wildman–Crippen MR) is 77.7 cm³/mol. The van der Waals surface area contributed by atoms with Crippen LogP contribution in [0.25, 0.3) is 0 Å². The van der Waals surface area contributed by atoms with Gasteiger partial charge in [-0.15, -0.1) is 0 Å². The van der Waals surface area contributed by atoms with Crippen molar-refractivity contribution in [3.05, 3.63) is 0 Å². The molecule has 0 unspecified atom stereocenters. The second kappa shape index (κ2) is 11.4. The average molecular weight is 341 g/mol. The van der Waals surface area contributed by atoms with Crippen LogP contribution < -0.4 is 5.73 Å². The molecule has 22 heavy (non-hydrogen) atoms. The molecule has 0 aliphatic rings. The molecule has 0 saturated heterocycles. The molecule has 0 amide bonds. The molecular weight excluding hydrogens is 317 g/mol. The van der Waals surface area contributed by atoms with E-state index in [1.165, 1.54) is 0 Å². The molecule has 7 nitrogen and oxygen atoms in total. The Hall–Kier alpha value is -1.22. The number of halogens is 1. The highest BCUT2D eigenvalue weighted by Gasteiger charge is 2.21. The smallest absolute Gasteiger partial charge is 0.346 e. The highest BCUT2D eigenvalue weighted by Crippen LogP contribution is 2.09. The Balaban J connectivity index is 3.94. The second-order valence-corrected chi connectivity index (χ2v) is 6.72. The third-order valence-corrected chi connectivity index (χ3v) is 4.23. The van der Waals surface area contributed by atoms with E-state index in [4.69, 9.17) is 5.73 Å². The second-order valence-electron chi connectivity index (χ2n) is 5.03. The van der Waals surface area contributed by atoms with E-state index in [2.05, 4.69) is 16.0 Å². The Morgan fingerprint density at radius 2 is 1.73 bits per heavy atom. The van der Waals surface area contributed by atoms with Crippen molar-refractivity contribution in [1.82, 2.24) is 0 Å². The SMILES string of the molecule is CCCCCCCCS(=O)(=O)OC(=O)CC[C@H](N)C(=O)OF. The minimum absolute atomic E-state index is 0.233. The summed E-state index contributed by atoms with van der Waals surface area (Å²) in [5.74, 6) is -2.57. The molecule has 0 aromatic rings. The van der Waals surface area contributed by atoms with Gasteiger partial charge in [0.25, 0.3) is 0 Å². The van der Waals surface area contributed by atoms with E-state index in [1.807, 2.05) is 0 Å². The summed E-state index contributed by atoms with van der Waals surface area (Å²) in [6, 6.07) is -1.33. The molecule has 0 saturated carbocycles.